The molecule has 0 aromatic carbocycles. The van der Waals surface area contributed by atoms with Crippen LogP contribution in [0.15, 0.2) is 39.1 Å². The fourth-order valence-electron chi connectivity index (χ4n) is 1.25. The number of hydrogen-bond acceptors (Lipinski definition) is 5. The molecule has 2 rings (SSSR count). The van der Waals surface area contributed by atoms with Gasteiger partial charge >= 0.3 is 0 Å². The molecule has 0 unspecified atom stereocenters. The van der Waals surface area contributed by atoms with Crippen molar-refractivity contribution in [3.8, 4) is 0 Å². The van der Waals surface area contributed by atoms with E-state index in [0.717, 1.165) is 16.2 Å². The highest BCUT2D eigenvalue weighted by Gasteiger charge is 2.18. The Morgan fingerprint density at radius 3 is 2.78 bits per heavy atom. The van der Waals surface area contributed by atoms with Gasteiger partial charge in [-0.25, -0.2) is 13.4 Å². The van der Waals surface area contributed by atoms with Gasteiger partial charge in [-0.2, -0.15) is 0 Å². The number of halogens is 1. The molecular formula is C10H10BrN3O2S2. The Bertz CT molecular complexity index is 655. The molecule has 0 fully saturated rings. The Hall–Kier alpha value is -0.960. The number of rotatable bonds is 4. The molecule has 2 aromatic rings. The second kappa shape index (κ2) is 5.35. The zero-order valence-electron chi connectivity index (χ0n) is 9.13. The molecule has 8 heteroatoms. The first-order valence-corrected chi connectivity index (χ1v) is 8.04. The molecule has 0 atom stereocenters. The maximum atomic E-state index is 12.1. The van der Waals surface area contributed by atoms with Crippen molar-refractivity contribution < 1.29 is 8.42 Å². The number of thiophene rings is 1. The van der Waals surface area contributed by atoms with Crippen molar-refractivity contribution >= 4 is 43.1 Å². The van der Waals surface area contributed by atoms with Crippen LogP contribution in [0.25, 0.3) is 0 Å². The summed E-state index contributed by atoms with van der Waals surface area (Å²) < 4.78 is 27.4. The number of sulfonamides is 1. The van der Waals surface area contributed by atoms with Crippen molar-refractivity contribution in [2.24, 2.45) is 5.73 Å². The quantitative estimate of drug-likeness (QED) is 0.887. The number of aromatic nitrogens is 1. The molecule has 0 spiro atoms. The lowest BCUT2D eigenvalue weighted by molar-refractivity contribution is 0.603. The highest BCUT2D eigenvalue weighted by molar-refractivity contribution is 9.10. The Morgan fingerprint density at radius 1 is 1.39 bits per heavy atom. The van der Waals surface area contributed by atoms with Crippen LogP contribution in [0.5, 0.6) is 0 Å². The maximum absolute atomic E-state index is 12.1. The van der Waals surface area contributed by atoms with Crippen LogP contribution in [0.1, 0.15) is 4.88 Å². The standard InChI is InChI=1S/C10H10BrN3O2S2/c11-8-2-1-5-13-10(8)14-18(15,16)9-4-3-7(6-12)17-9/h1-5H,6,12H2,(H,13,14). The van der Waals surface area contributed by atoms with Crippen LogP contribution >= 0.6 is 27.3 Å². The van der Waals surface area contributed by atoms with Gasteiger partial charge in [-0.3, -0.25) is 4.72 Å². The number of nitrogens with two attached hydrogens (primary N) is 1. The lowest BCUT2D eigenvalue weighted by atomic mass is 10.5. The van der Waals surface area contributed by atoms with Crippen LogP contribution in [-0.4, -0.2) is 13.4 Å². The van der Waals surface area contributed by atoms with Crippen LogP contribution in [0, 0.1) is 0 Å². The summed E-state index contributed by atoms with van der Waals surface area (Å²) in [5.74, 6) is 0.264. The average Bonchev–Trinajstić information content (AvgIpc) is 2.81. The van der Waals surface area contributed by atoms with Crippen molar-refractivity contribution in [2.75, 3.05) is 4.72 Å². The van der Waals surface area contributed by atoms with E-state index in [2.05, 4.69) is 25.6 Å². The SMILES string of the molecule is NCc1ccc(S(=O)(=O)Nc2ncccc2Br)s1. The fourth-order valence-corrected chi connectivity index (χ4v) is 4.00. The molecule has 0 aliphatic heterocycles. The van der Waals surface area contributed by atoms with E-state index in [1.54, 1.807) is 18.2 Å². The first-order valence-electron chi connectivity index (χ1n) is 4.95. The summed E-state index contributed by atoms with van der Waals surface area (Å²) in [6.07, 6.45) is 1.52. The lowest BCUT2D eigenvalue weighted by Gasteiger charge is -2.06. The summed E-state index contributed by atoms with van der Waals surface area (Å²) in [5.41, 5.74) is 5.46. The summed E-state index contributed by atoms with van der Waals surface area (Å²) in [5, 5.41) is 0. The van der Waals surface area contributed by atoms with Crippen molar-refractivity contribution in [3.05, 3.63) is 39.8 Å². The van der Waals surface area contributed by atoms with Crippen molar-refractivity contribution in [2.45, 2.75) is 10.8 Å². The van der Waals surface area contributed by atoms with Gasteiger partial charge in [-0.15, -0.1) is 11.3 Å². The number of hydrogen-bond donors (Lipinski definition) is 2. The van der Waals surface area contributed by atoms with Crippen molar-refractivity contribution in [1.82, 2.24) is 4.98 Å². The molecule has 5 nitrogen and oxygen atoms in total. The molecule has 3 N–H and O–H groups in total. The van der Waals surface area contributed by atoms with E-state index in [0.29, 0.717) is 11.0 Å². The largest absolute Gasteiger partial charge is 0.326 e. The van der Waals surface area contributed by atoms with E-state index in [1.807, 2.05) is 0 Å². The van der Waals surface area contributed by atoms with E-state index in [4.69, 9.17) is 5.73 Å². The second-order valence-electron chi connectivity index (χ2n) is 3.36. The lowest BCUT2D eigenvalue weighted by Crippen LogP contribution is -2.12. The molecule has 96 valence electrons. The Labute approximate surface area is 117 Å². The zero-order valence-corrected chi connectivity index (χ0v) is 12.3. The Kier molecular flexibility index (Phi) is 4.00. The summed E-state index contributed by atoms with van der Waals surface area (Å²) in [6.45, 7) is 0.327. The molecule has 2 heterocycles. The average molecular weight is 348 g/mol. The molecule has 0 saturated carbocycles. The van der Waals surface area contributed by atoms with Gasteiger partial charge < -0.3 is 5.73 Å². The Balaban J connectivity index is 2.30. The summed E-state index contributed by atoms with van der Waals surface area (Å²) in [7, 11) is -3.60. The van der Waals surface area contributed by atoms with Crippen molar-refractivity contribution in [1.29, 1.82) is 0 Å². The van der Waals surface area contributed by atoms with E-state index in [-0.39, 0.29) is 10.0 Å². The van der Waals surface area contributed by atoms with Gasteiger partial charge in [0.1, 0.15) is 4.21 Å². The minimum atomic E-state index is -3.60. The van der Waals surface area contributed by atoms with Gasteiger partial charge in [0.25, 0.3) is 10.0 Å². The van der Waals surface area contributed by atoms with Crippen LogP contribution in [-0.2, 0) is 16.6 Å². The van der Waals surface area contributed by atoms with Gasteiger partial charge in [0.2, 0.25) is 0 Å². The highest BCUT2D eigenvalue weighted by Crippen LogP contribution is 2.26. The third-order valence-corrected chi connectivity index (χ3v) is 5.67. The van der Waals surface area contributed by atoms with Gasteiger partial charge in [0.05, 0.1) is 4.47 Å². The normalized spacial score (nSPS) is 11.4. The molecule has 0 saturated heterocycles. The summed E-state index contributed by atoms with van der Waals surface area (Å²) in [4.78, 5) is 4.77. The predicted octanol–water partition coefficient (Wildman–Crippen LogP) is 2.17. The van der Waals surface area contributed by atoms with Gasteiger partial charge in [0.15, 0.2) is 5.82 Å². The first-order chi connectivity index (χ1) is 8.53. The number of pyridine rings is 1. The number of nitrogens with zero attached hydrogens (tertiary/aromatic N) is 1. The molecule has 2 aromatic heterocycles. The Morgan fingerprint density at radius 2 is 2.17 bits per heavy atom. The van der Waals surface area contributed by atoms with Gasteiger partial charge in [-0.1, -0.05) is 0 Å². The second-order valence-corrected chi connectivity index (χ2v) is 7.30. The minimum absolute atomic E-state index is 0.223. The smallest absolute Gasteiger partial charge is 0.272 e. The highest BCUT2D eigenvalue weighted by atomic mass is 79.9. The fraction of sp³-hybridized carbons (Fsp3) is 0.100. The topological polar surface area (TPSA) is 85.1 Å². The maximum Gasteiger partial charge on any atom is 0.272 e. The minimum Gasteiger partial charge on any atom is -0.326 e. The van der Waals surface area contributed by atoms with Crippen LogP contribution in [0.4, 0.5) is 5.82 Å². The molecule has 0 amide bonds. The summed E-state index contributed by atoms with van der Waals surface area (Å²) in [6, 6.07) is 6.66. The number of anilines is 1. The van der Waals surface area contributed by atoms with Crippen molar-refractivity contribution in [3.63, 3.8) is 0 Å². The molecule has 0 radical (unpaired) electrons. The zero-order chi connectivity index (χ0) is 13.2. The van der Waals surface area contributed by atoms with Crippen LogP contribution in [0.2, 0.25) is 0 Å². The van der Waals surface area contributed by atoms with Crippen LogP contribution < -0.4 is 10.5 Å². The van der Waals surface area contributed by atoms with E-state index in [1.165, 1.54) is 12.3 Å². The van der Waals surface area contributed by atoms with Gasteiger partial charge in [-0.05, 0) is 40.2 Å². The predicted molar refractivity (Wildman–Crippen MR) is 75.0 cm³/mol. The molecule has 0 aliphatic rings. The van der Waals surface area contributed by atoms with Crippen LogP contribution in [0.3, 0.4) is 0 Å². The summed E-state index contributed by atoms with van der Waals surface area (Å²) >= 11 is 4.38. The molecule has 0 aliphatic carbocycles. The molecule has 18 heavy (non-hydrogen) atoms. The molecular weight excluding hydrogens is 338 g/mol. The van der Waals surface area contributed by atoms with E-state index < -0.39 is 10.0 Å². The number of nitrogens with one attached hydrogen (secondary N) is 1. The van der Waals surface area contributed by atoms with E-state index in [9.17, 15) is 8.42 Å². The van der Waals surface area contributed by atoms with Gasteiger partial charge in [0, 0.05) is 17.6 Å². The third kappa shape index (κ3) is 2.89. The first kappa shape index (κ1) is 13.5. The van der Waals surface area contributed by atoms with E-state index >= 15 is 0 Å². The third-order valence-electron chi connectivity index (χ3n) is 2.09. The molecule has 0 bridgehead atoms. The monoisotopic (exact) mass is 347 g/mol.